The third-order valence-corrected chi connectivity index (χ3v) is 3.50. The number of thiazole rings is 1. The van der Waals surface area contributed by atoms with E-state index in [4.69, 9.17) is 0 Å². The van der Waals surface area contributed by atoms with E-state index in [-0.39, 0.29) is 11.5 Å². The van der Waals surface area contributed by atoms with Crippen LogP contribution in [0.4, 0.5) is 17.5 Å². The Morgan fingerprint density at radius 3 is 2.62 bits per heavy atom. The van der Waals surface area contributed by atoms with Gasteiger partial charge in [0, 0.05) is 11.9 Å². The highest BCUT2D eigenvalue weighted by atomic mass is 32.1. The summed E-state index contributed by atoms with van der Waals surface area (Å²) < 4.78 is 0. The smallest absolute Gasteiger partial charge is 0.332 e. The first kappa shape index (κ1) is 15.1. The van der Waals surface area contributed by atoms with Gasteiger partial charge < -0.3 is 10.6 Å². The maximum Gasteiger partial charge on any atom is 0.332 e. The second-order valence-corrected chi connectivity index (χ2v) is 5.39. The van der Waals surface area contributed by atoms with E-state index in [1.54, 1.807) is 6.92 Å². The molecule has 0 aliphatic rings. The van der Waals surface area contributed by atoms with E-state index in [2.05, 4.69) is 25.6 Å². The molecule has 0 aliphatic heterocycles. The lowest BCUT2D eigenvalue weighted by Crippen LogP contribution is -2.11. The second kappa shape index (κ2) is 6.44. The van der Waals surface area contributed by atoms with Crippen molar-refractivity contribution in [1.29, 1.82) is 0 Å². The van der Waals surface area contributed by atoms with Gasteiger partial charge in [0.1, 0.15) is 5.69 Å². The molecule has 0 fully saturated rings. The van der Waals surface area contributed by atoms with E-state index in [1.165, 1.54) is 11.3 Å². The van der Waals surface area contributed by atoms with Crippen molar-refractivity contribution in [3.05, 3.63) is 31.9 Å². The van der Waals surface area contributed by atoms with Crippen LogP contribution in [0.1, 0.15) is 23.3 Å². The number of rotatable bonds is 6. The first-order valence-electron chi connectivity index (χ1n) is 6.43. The molecule has 8 nitrogen and oxygen atoms in total. The van der Waals surface area contributed by atoms with Gasteiger partial charge in [-0.3, -0.25) is 10.1 Å². The zero-order valence-electron chi connectivity index (χ0n) is 12.0. The molecule has 0 atom stereocenters. The third-order valence-electron chi connectivity index (χ3n) is 2.68. The van der Waals surface area contributed by atoms with Crippen molar-refractivity contribution in [2.45, 2.75) is 27.3 Å². The molecule has 0 unspecified atom stereocenters. The first-order valence-corrected chi connectivity index (χ1v) is 7.31. The molecule has 0 amide bonds. The largest absolute Gasteiger partial charge is 0.358 e. The van der Waals surface area contributed by atoms with Gasteiger partial charge in [0.15, 0.2) is 0 Å². The lowest BCUT2D eigenvalue weighted by molar-refractivity contribution is -0.385. The van der Waals surface area contributed by atoms with Crippen LogP contribution in [0.5, 0.6) is 0 Å². The molecule has 9 heteroatoms. The van der Waals surface area contributed by atoms with Crippen LogP contribution in [0.2, 0.25) is 0 Å². The van der Waals surface area contributed by atoms with Crippen LogP contribution in [0, 0.1) is 24.0 Å². The van der Waals surface area contributed by atoms with Gasteiger partial charge in [-0.2, -0.15) is 4.98 Å². The Morgan fingerprint density at radius 2 is 2.05 bits per heavy atom. The van der Waals surface area contributed by atoms with Crippen molar-refractivity contribution < 1.29 is 4.92 Å². The standard InChI is InChI=1S/C12H16N6O2S/c1-4-13-12-15-7(2)10(18(19)20)11(17-12)14-5-9-6-21-8(3)16-9/h6H,4-5H2,1-3H3,(H2,13,14,15,17). The fourth-order valence-electron chi connectivity index (χ4n) is 1.81. The quantitative estimate of drug-likeness (QED) is 0.623. The Bertz CT molecular complexity index is 657. The SMILES string of the molecule is CCNc1nc(C)c([N+](=O)[O-])c(NCc2csc(C)n2)n1. The molecule has 0 saturated heterocycles. The summed E-state index contributed by atoms with van der Waals surface area (Å²) in [5.41, 5.74) is 1.04. The fraction of sp³-hybridized carbons (Fsp3) is 0.417. The summed E-state index contributed by atoms with van der Waals surface area (Å²) in [5.74, 6) is 0.576. The molecule has 2 rings (SSSR count). The lowest BCUT2D eigenvalue weighted by Gasteiger charge is -2.09. The molecule has 0 aromatic carbocycles. The Labute approximate surface area is 125 Å². The maximum atomic E-state index is 11.2. The summed E-state index contributed by atoms with van der Waals surface area (Å²) in [5, 5.41) is 20.0. The summed E-state index contributed by atoms with van der Waals surface area (Å²) in [6.45, 7) is 6.44. The Morgan fingerprint density at radius 1 is 1.29 bits per heavy atom. The highest BCUT2D eigenvalue weighted by Gasteiger charge is 2.22. The van der Waals surface area contributed by atoms with Crippen LogP contribution in [0.15, 0.2) is 5.38 Å². The first-order chi connectivity index (χ1) is 10.0. The van der Waals surface area contributed by atoms with E-state index in [9.17, 15) is 10.1 Å². The topological polar surface area (TPSA) is 106 Å². The van der Waals surface area contributed by atoms with Gasteiger partial charge in [0.05, 0.1) is 22.2 Å². The number of aryl methyl sites for hydroxylation is 2. The third kappa shape index (κ3) is 3.63. The molecule has 0 bridgehead atoms. The summed E-state index contributed by atoms with van der Waals surface area (Å²) in [4.78, 5) is 23.3. The number of nitrogens with one attached hydrogen (secondary N) is 2. The van der Waals surface area contributed by atoms with E-state index in [0.29, 0.717) is 24.7 Å². The molecule has 2 aromatic heterocycles. The van der Waals surface area contributed by atoms with E-state index >= 15 is 0 Å². The van der Waals surface area contributed by atoms with Gasteiger partial charge >= 0.3 is 5.69 Å². The Balaban J connectivity index is 2.28. The van der Waals surface area contributed by atoms with Gasteiger partial charge in [-0.1, -0.05) is 0 Å². The van der Waals surface area contributed by atoms with Gasteiger partial charge in [0.25, 0.3) is 0 Å². The molecule has 0 radical (unpaired) electrons. The molecule has 21 heavy (non-hydrogen) atoms. The van der Waals surface area contributed by atoms with Gasteiger partial charge in [0.2, 0.25) is 11.8 Å². The zero-order chi connectivity index (χ0) is 15.4. The Kier molecular flexibility index (Phi) is 4.63. The van der Waals surface area contributed by atoms with Crippen LogP contribution in [0.25, 0.3) is 0 Å². The minimum absolute atomic E-state index is 0.108. The fourth-order valence-corrected chi connectivity index (χ4v) is 2.42. The molecule has 0 spiro atoms. The number of hydrogen-bond acceptors (Lipinski definition) is 8. The van der Waals surface area contributed by atoms with Crippen LogP contribution in [-0.2, 0) is 6.54 Å². The average molecular weight is 308 g/mol. The van der Waals surface area contributed by atoms with Crippen LogP contribution < -0.4 is 10.6 Å². The number of nitro groups is 1. The summed E-state index contributed by atoms with van der Waals surface area (Å²) in [6.07, 6.45) is 0. The highest BCUT2D eigenvalue weighted by Crippen LogP contribution is 2.27. The van der Waals surface area contributed by atoms with Crippen LogP contribution in [0.3, 0.4) is 0 Å². The minimum atomic E-state index is -0.473. The monoisotopic (exact) mass is 308 g/mol. The predicted molar refractivity (Wildman–Crippen MR) is 81.8 cm³/mol. The average Bonchev–Trinajstić information content (AvgIpc) is 2.81. The molecule has 0 saturated carbocycles. The molecule has 2 aromatic rings. The summed E-state index contributed by atoms with van der Waals surface area (Å²) in [7, 11) is 0. The van der Waals surface area contributed by atoms with Crippen molar-refractivity contribution in [1.82, 2.24) is 15.0 Å². The van der Waals surface area contributed by atoms with Gasteiger partial charge in [-0.05, 0) is 20.8 Å². The van der Waals surface area contributed by atoms with E-state index in [1.807, 2.05) is 19.2 Å². The second-order valence-electron chi connectivity index (χ2n) is 4.33. The number of anilines is 2. The van der Waals surface area contributed by atoms with Gasteiger partial charge in [-0.15, -0.1) is 11.3 Å². The molecule has 2 heterocycles. The molecular weight excluding hydrogens is 292 g/mol. The minimum Gasteiger partial charge on any atom is -0.358 e. The van der Waals surface area contributed by atoms with E-state index < -0.39 is 4.92 Å². The predicted octanol–water partition coefficient (Wildman–Crippen LogP) is 2.50. The lowest BCUT2D eigenvalue weighted by atomic mass is 10.3. The number of aromatic nitrogens is 3. The molecular formula is C12H16N6O2S. The van der Waals surface area contributed by atoms with E-state index in [0.717, 1.165) is 10.7 Å². The summed E-state index contributed by atoms with van der Waals surface area (Å²) in [6, 6.07) is 0. The van der Waals surface area contributed by atoms with Crippen molar-refractivity contribution in [3.8, 4) is 0 Å². The van der Waals surface area contributed by atoms with Crippen molar-refractivity contribution >= 4 is 28.8 Å². The zero-order valence-corrected chi connectivity index (χ0v) is 12.8. The normalized spacial score (nSPS) is 10.4. The molecule has 2 N–H and O–H groups in total. The summed E-state index contributed by atoms with van der Waals surface area (Å²) >= 11 is 1.53. The van der Waals surface area contributed by atoms with Crippen LogP contribution in [-0.4, -0.2) is 26.4 Å². The molecule has 0 aliphatic carbocycles. The Hall–Kier alpha value is -2.29. The van der Waals surface area contributed by atoms with Crippen molar-refractivity contribution in [2.24, 2.45) is 0 Å². The number of hydrogen-bond donors (Lipinski definition) is 2. The van der Waals surface area contributed by atoms with Crippen molar-refractivity contribution in [3.63, 3.8) is 0 Å². The van der Waals surface area contributed by atoms with Crippen LogP contribution >= 0.6 is 11.3 Å². The number of nitrogens with zero attached hydrogens (tertiary/aromatic N) is 4. The maximum absolute atomic E-state index is 11.2. The highest BCUT2D eigenvalue weighted by molar-refractivity contribution is 7.09. The molecule has 112 valence electrons. The van der Waals surface area contributed by atoms with Gasteiger partial charge in [-0.25, -0.2) is 9.97 Å². The van der Waals surface area contributed by atoms with Crippen molar-refractivity contribution in [2.75, 3.05) is 17.2 Å².